The first-order valence-corrected chi connectivity index (χ1v) is 10.3. The Hall–Kier alpha value is -3.23. The minimum atomic E-state index is -0.412. The summed E-state index contributed by atoms with van der Waals surface area (Å²) in [4.78, 5) is 18.8. The van der Waals surface area contributed by atoms with E-state index in [1.54, 1.807) is 25.4 Å². The Balaban J connectivity index is 1.73. The lowest BCUT2D eigenvalue weighted by Gasteiger charge is -2.25. The van der Waals surface area contributed by atoms with Crippen LogP contribution in [0.1, 0.15) is 33.9 Å². The molecule has 0 radical (unpaired) electrons. The molecule has 0 unspecified atom stereocenters. The van der Waals surface area contributed by atoms with Crippen LogP contribution in [-0.4, -0.2) is 48.3 Å². The minimum Gasteiger partial charge on any atom is -0.465 e. The normalized spacial score (nSPS) is 18.1. The van der Waals surface area contributed by atoms with Gasteiger partial charge in [-0.2, -0.15) is 0 Å². The monoisotopic (exact) mass is 437 g/mol. The second-order valence-electron chi connectivity index (χ2n) is 7.05. The Morgan fingerprint density at radius 1 is 1.16 bits per heavy atom. The van der Waals surface area contributed by atoms with Crippen LogP contribution in [0.3, 0.4) is 0 Å². The van der Waals surface area contributed by atoms with Crippen molar-refractivity contribution in [2.75, 3.05) is 27.4 Å². The number of furan rings is 1. The third-order valence-corrected chi connectivity index (χ3v) is 5.60. The molecule has 7 nitrogen and oxygen atoms in total. The van der Waals surface area contributed by atoms with Gasteiger partial charge < -0.3 is 24.1 Å². The summed E-state index contributed by atoms with van der Waals surface area (Å²) in [6, 6.07) is 16.4. The van der Waals surface area contributed by atoms with Crippen LogP contribution < -0.4 is 5.32 Å². The predicted octanol–water partition coefficient (Wildman–Crippen LogP) is 3.75. The zero-order valence-electron chi connectivity index (χ0n) is 17.3. The summed E-state index contributed by atoms with van der Waals surface area (Å²) in [7, 11) is 3.02. The van der Waals surface area contributed by atoms with E-state index >= 15 is 0 Å². The first-order chi connectivity index (χ1) is 15.1. The molecule has 3 heterocycles. The van der Waals surface area contributed by atoms with E-state index in [0.717, 1.165) is 5.69 Å². The number of methoxy groups -OCH3 is 2. The van der Waals surface area contributed by atoms with E-state index in [2.05, 4.69) is 10.3 Å². The number of nitrogens with one attached hydrogen (secondary N) is 1. The average molecular weight is 438 g/mol. The molecule has 0 bridgehead atoms. The van der Waals surface area contributed by atoms with Crippen molar-refractivity contribution in [1.29, 1.82) is 0 Å². The van der Waals surface area contributed by atoms with Gasteiger partial charge in [-0.3, -0.25) is 4.98 Å². The first kappa shape index (κ1) is 21.0. The van der Waals surface area contributed by atoms with Gasteiger partial charge in [-0.25, -0.2) is 4.79 Å². The lowest BCUT2D eigenvalue weighted by Crippen LogP contribution is -2.32. The second kappa shape index (κ2) is 9.28. The quantitative estimate of drug-likeness (QED) is 0.442. The number of hydrogen-bond acceptors (Lipinski definition) is 6. The molecule has 4 rings (SSSR count). The molecule has 0 amide bonds. The van der Waals surface area contributed by atoms with Gasteiger partial charge in [0.25, 0.3) is 0 Å². The van der Waals surface area contributed by atoms with Crippen LogP contribution in [0.25, 0.3) is 11.3 Å². The number of pyridine rings is 1. The number of carbonyl (C=O) groups is 1. The summed E-state index contributed by atoms with van der Waals surface area (Å²) in [6.07, 6.45) is 1.76. The van der Waals surface area contributed by atoms with E-state index in [4.69, 9.17) is 26.1 Å². The molecule has 1 N–H and O–H groups in total. The molecular formula is C23H23N3O4S. The summed E-state index contributed by atoms with van der Waals surface area (Å²) in [5, 5.41) is 3.99. The fourth-order valence-corrected chi connectivity index (χ4v) is 4.12. The van der Waals surface area contributed by atoms with Crippen molar-refractivity contribution in [3.63, 3.8) is 0 Å². The molecule has 1 aliphatic heterocycles. The van der Waals surface area contributed by atoms with E-state index in [1.807, 2.05) is 47.4 Å². The summed E-state index contributed by atoms with van der Waals surface area (Å²) in [5.41, 5.74) is 1.98. The molecule has 160 valence electrons. The highest BCUT2D eigenvalue weighted by Crippen LogP contribution is 2.40. The van der Waals surface area contributed by atoms with Crippen LogP contribution >= 0.6 is 12.2 Å². The SMILES string of the molecule is COCCN1C(=S)N[C@H](c2ccccn2)[C@@H]1c1ccc(-c2ccccc2C(=O)OC)o1. The van der Waals surface area contributed by atoms with Gasteiger partial charge in [0.1, 0.15) is 17.6 Å². The minimum absolute atomic E-state index is 0.180. The maximum absolute atomic E-state index is 12.2. The first-order valence-electron chi connectivity index (χ1n) is 9.88. The Kier molecular flexibility index (Phi) is 6.29. The highest BCUT2D eigenvalue weighted by molar-refractivity contribution is 7.80. The smallest absolute Gasteiger partial charge is 0.338 e. The summed E-state index contributed by atoms with van der Waals surface area (Å²) in [5.74, 6) is 0.888. The molecule has 0 aliphatic carbocycles. The van der Waals surface area contributed by atoms with Crippen LogP contribution in [-0.2, 0) is 9.47 Å². The number of nitrogens with zero attached hydrogens (tertiary/aromatic N) is 2. The van der Waals surface area contributed by atoms with Gasteiger partial charge in [-0.15, -0.1) is 0 Å². The molecule has 1 aromatic carbocycles. The third kappa shape index (κ3) is 4.17. The van der Waals surface area contributed by atoms with Crippen LogP contribution in [0.15, 0.2) is 65.2 Å². The second-order valence-corrected chi connectivity index (χ2v) is 7.44. The molecule has 1 fully saturated rings. The van der Waals surface area contributed by atoms with E-state index < -0.39 is 5.97 Å². The van der Waals surface area contributed by atoms with Gasteiger partial charge in [0.2, 0.25) is 0 Å². The standard InChI is InChI=1S/C23H23N3O4S/c1-28-14-13-26-21(20(25-23(26)31)17-9-5-6-12-24-17)19-11-10-18(30-19)15-7-3-4-8-16(15)22(27)29-2/h3-12,20-21H,13-14H2,1-2H3,(H,25,31)/t20-,21+/m1/s1. The van der Waals surface area contributed by atoms with E-state index in [9.17, 15) is 4.79 Å². The molecule has 2 aromatic heterocycles. The molecule has 8 heteroatoms. The number of benzene rings is 1. The highest BCUT2D eigenvalue weighted by Gasteiger charge is 2.41. The van der Waals surface area contributed by atoms with Crippen LogP contribution in [0.4, 0.5) is 0 Å². The van der Waals surface area contributed by atoms with Crippen LogP contribution in [0.2, 0.25) is 0 Å². The molecule has 0 spiro atoms. The van der Waals surface area contributed by atoms with Gasteiger partial charge in [-0.1, -0.05) is 24.3 Å². The van der Waals surface area contributed by atoms with Crippen molar-refractivity contribution in [1.82, 2.24) is 15.2 Å². The molecule has 0 saturated carbocycles. The number of aromatic nitrogens is 1. The number of hydrogen-bond donors (Lipinski definition) is 1. The van der Waals surface area contributed by atoms with Crippen molar-refractivity contribution in [2.24, 2.45) is 0 Å². The number of rotatable bonds is 7. The Morgan fingerprint density at radius 2 is 1.97 bits per heavy atom. The van der Waals surface area contributed by atoms with Crippen molar-refractivity contribution in [3.8, 4) is 11.3 Å². The zero-order chi connectivity index (χ0) is 21.8. The van der Waals surface area contributed by atoms with Crippen molar-refractivity contribution < 1.29 is 18.7 Å². The fraction of sp³-hybridized carbons (Fsp3) is 0.261. The van der Waals surface area contributed by atoms with Gasteiger partial charge in [0.15, 0.2) is 5.11 Å². The fourth-order valence-electron chi connectivity index (χ4n) is 3.79. The average Bonchev–Trinajstić information content (AvgIpc) is 3.42. The number of ether oxygens (including phenoxy) is 2. The van der Waals surface area contributed by atoms with Crippen molar-refractivity contribution in [2.45, 2.75) is 12.1 Å². The Labute approximate surface area is 186 Å². The largest absolute Gasteiger partial charge is 0.465 e. The van der Waals surface area contributed by atoms with Gasteiger partial charge in [0, 0.05) is 25.4 Å². The zero-order valence-corrected chi connectivity index (χ0v) is 18.1. The van der Waals surface area contributed by atoms with Crippen LogP contribution in [0.5, 0.6) is 0 Å². The lowest BCUT2D eigenvalue weighted by molar-refractivity contribution is 0.0601. The van der Waals surface area contributed by atoms with E-state index in [0.29, 0.717) is 40.9 Å². The number of carbonyl (C=O) groups excluding carboxylic acids is 1. The number of esters is 1. The highest BCUT2D eigenvalue weighted by atomic mass is 32.1. The Morgan fingerprint density at radius 3 is 2.71 bits per heavy atom. The Bertz CT molecular complexity index is 1070. The van der Waals surface area contributed by atoms with E-state index in [-0.39, 0.29) is 12.1 Å². The van der Waals surface area contributed by atoms with Gasteiger partial charge in [-0.05, 0) is 42.5 Å². The summed E-state index contributed by atoms with van der Waals surface area (Å²) >= 11 is 5.61. The molecule has 2 atom stereocenters. The molecule has 3 aromatic rings. The number of thiocarbonyl (C=S) groups is 1. The predicted molar refractivity (Wildman–Crippen MR) is 120 cm³/mol. The van der Waals surface area contributed by atoms with Gasteiger partial charge in [0.05, 0.1) is 31.0 Å². The summed E-state index contributed by atoms with van der Waals surface area (Å²) < 4.78 is 16.5. The topological polar surface area (TPSA) is 76.8 Å². The van der Waals surface area contributed by atoms with Gasteiger partial charge >= 0.3 is 5.97 Å². The summed E-state index contributed by atoms with van der Waals surface area (Å²) in [6.45, 7) is 1.12. The van der Waals surface area contributed by atoms with E-state index in [1.165, 1.54) is 7.11 Å². The maximum atomic E-state index is 12.2. The lowest BCUT2D eigenvalue weighted by atomic mass is 10.0. The molecule has 1 aliphatic rings. The maximum Gasteiger partial charge on any atom is 0.338 e. The molecule has 1 saturated heterocycles. The molecular weight excluding hydrogens is 414 g/mol. The van der Waals surface area contributed by atoms with Crippen molar-refractivity contribution >= 4 is 23.3 Å². The third-order valence-electron chi connectivity index (χ3n) is 5.25. The van der Waals surface area contributed by atoms with Crippen molar-refractivity contribution in [3.05, 3.63) is 77.8 Å². The molecule has 31 heavy (non-hydrogen) atoms. The van der Waals surface area contributed by atoms with Crippen LogP contribution in [0, 0.1) is 0 Å².